The zero-order valence-electron chi connectivity index (χ0n) is 12.6. The van der Waals surface area contributed by atoms with E-state index in [0.717, 1.165) is 0 Å². The molecule has 0 aromatic heterocycles. The summed E-state index contributed by atoms with van der Waals surface area (Å²) in [5.41, 5.74) is 0.561. The SMILES string of the molecule is CC(C)N(C)CCNS(=O)(=O)c1cccc(C#CCO)c1. The second kappa shape index (κ2) is 8.15. The van der Waals surface area contributed by atoms with Crippen molar-refractivity contribution >= 4 is 10.0 Å². The van der Waals surface area contributed by atoms with Crippen molar-refractivity contribution < 1.29 is 13.5 Å². The van der Waals surface area contributed by atoms with E-state index in [0.29, 0.717) is 24.7 Å². The third-order valence-corrected chi connectivity index (χ3v) is 4.55. The van der Waals surface area contributed by atoms with Crippen LogP contribution in [-0.2, 0) is 10.0 Å². The number of nitrogens with one attached hydrogen (secondary N) is 1. The van der Waals surface area contributed by atoms with Crippen LogP contribution in [0.3, 0.4) is 0 Å². The number of aliphatic hydroxyl groups is 1. The molecule has 0 radical (unpaired) electrons. The highest BCUT2D eigenvalue weighted by Gasteiger charge is 2.14. The summed E-state index contributed by atoms with van der Waals surface area (Å²) in [5, 5.41) is 8.66. The van der Waals surface area contributed by atoms with Gasteiger partial charge in [0.1, 0.15) is 6.61 Å². The van der Waals surface area contributed by atoms with Gasteiger partial charge in [-0.05, 0) is 39.1 Å². The maximum absolute atomic E-state index is 12.2. The van der Waals surface area contributed by atoms with E-state index in [1.165, 1.54) is 12.1 Å². The van der Waals surface area contributed by atoms with E-state index in [9.17, 15) is 8.42 Å². The first-order chi connectivity index (χ1) is 9.86. The fourth-order valence-electron chi connectivity index (χ4n) is 1.58. The molecule has 0 atom stereocenters. The average Bonchev–Trinajstić information content (AvgIpc) is 2.45. The van der Waals surface area contributed by atoms with Gasteiger partial charge in [0.15, 0.2) is 0 Å². The monoisotopic (exact) mass is 310 g/mol. The van der Waals surface area contributed by atoms with Crippen LogP contribution in [0.2, 0.25) is 0 Å². The van der Waals surface area contributed by atoms with Gasteiger partial charge in [-0.3, -0.25) is 0 Å². The Bertz CT molecular complexity index is 615. The first-order valence-corrected chi connectivity index (χ1v) is 8.25. The van der Waals surface area contributed by atoms with Crippen LogP contribution in [0.5, 0.6) is 0 Å². The zero-order chi connectivity index (χ0) is 15.9. The van der Waals surface area contributed by atoms with E-state index < -0.39 is 10.0 Å². The van der Waals surface area contributed by atoms with E-state index in [-0.39, 0.29) is 11.5 Å². The van der Waals surface area contributed by atoms with Gasteiger partial charge < -0.3 is 10.0 Å². The molecule has 0 fully saturated rings. The molecule has 0 aliphatic carbocycles. The Morgan fingerprint density at radius 3 is 2.71 bits per heavy atom. The molecule has 2 N–H and O–H groups in total. The molecular weight excluding hydrogens is 288 g/mol. The maximum Gasteiger partial charge on any atom is 0.240 e. The fourth-order valence-corrected chi connectivity index (χ4v) is 2.65. The van der Waals surface area contributed by atoms with Crippen molar-refractivity contribution in [1.29, 1.82) is 0 Å². The van der Waals surface area contributed by atoms with Gasteiger partial charge in [-0.25, -0.2) is 13.1 Å². The number of sulfonamides is 1. The molecule has 21 heavy (non-hydrogen) atoms. The Morgan fingerprint density at radius 1 is 1.38 bits per heavy atom. The molecule has 1 rings (SSSR count). The number of rotatable bonds is 6. The van der Waals surface area contributed by atoms with Crippen LogP contribution in [0.25, 0.3) is 0 Å². The summed E-state index contributed by atoms with van der Waals surface area (Å²) in [7, 11) is -1.59. The number of aliphatic hydroxyl groups excluding tert-OH is 1. The van der Waals surface area contributed by atoms with Crippen molar-refractivity contribution in [2.75, 3.05) is 26.7 Å². The Morgan fingerprint density at radius 2 is 2.10 bits per heavy atom. The van der Waals surface area contributed by atoms with Crippen LogP contribution in [0.1, 0.15) is 19.4 Å². The van der Waals surface area contributed by atoms with Gasteiger partial charge in [0.25, 0.3) is 0 Å². The molecule has 5 nitrogen and oxygen atoms in total. The normalized spacial score (nSPS) is 11.5. The van der Waals surface area contributed by atoms with Crippen LogP contribution in [0.15, 0.2) is 29.2 Å². The standard InChI is InChI=1S/C15H22N2O3S/c1-13(2)17(3)10-9-16-21(19,20)15-8-4-6-14(12-15)7-5-11-18/h4,6,8,12-13,16,18H,9-11H2,1-3H3. The van der Waals surface area contributed by atoms with Crippen molar-refractivity contribution in [3.05, 3.63) is 29.8 Å². The van der Waals surface area contributed by atoms with Crippen LogP contribution >= 0.6 is 0 Å². The lowest BCUT2D eigenvalue weighted by Crippen LogP contribution is -2.36. The molecule has 6 heteroatoms. The summed E-state index contributed by atoms with van der Waals surface area (Å²) in [5.74, 6) is 5.19. The number of benzene rings is 1. The van der Waals surface area contributed by atoms with Crippen molar-refractivity contribution in [3.63, 3.8) is 0 Å². The minimum Gasteiger partial charge on any atom is -0.384 e. The van der Waals surface area contributed by atoms with E-state index in [1.54, 1.807) is 12.1 Å². The zero-order valence-corrected chi connectivity index (χ0v) is 13.4. The Labute approximate surface area is 127 Å². The molecule has 1 aromatic rings. The molecular formula is C15H22N2O3S. The van der Waals surface area contributed by atoms with Crippen molar-refractivity contribution in [2.45, 2.75) is 24.8 Å². The first-order valence-electron chi connectivity index (χ1n) is 6.76. The van der Waals surface area contributed by atoms with E-state index >= 15 is 0 Å². The molecule has 0 bridgehead atoms. The Hall–Kier alpha value is -1.39. The van der Waals surface area contributed by atoms with Crippen LogP contribution in [-0.4, -0.2) is 51.2 Å². The molecule has 0 spiro atoms. The second-order valence-corrected chi connectivity index (χ2v) is 6.73. The van der Waals surface area contributed by atoms with Crippen LogP contribution in [0.4, 0.5) is 0 Å². The topological polar surface area (TPSA) is 69.6 Å². The summed E-state index contributed by atoms with van der Waals surface area (Å²) in [6, 6.07) is 6.73. The lowest BCUT2D eigenvalue weighted by Gasteiger charge is -2.20. The number of hydrogen-bond acceptors (Lipinski definition) is 4. The minimum absolute atomic E-state index is 0.180. The minimum atomic E-state index is -3.54. The van der Waals surface area contributed by atoms with Gasteiger partial charge >= 0.3 is 0 Å². The summed E-state index contributed by atoms with van der Waals surface area (Å²) in [6.45, 7) is 4.84. The quantitative estimate of drug-likeness (QED) is 0.757. The van der Waals surface area contributed by atoms with E-state index in [1.807, 2.05) is 7.05 Å². The first kappa shape index (κ1) is 17.7. The Kier molecular flexibility index (Phi) is 6.85. The molecule has 0 aliphatic heterocycles. The fraction of sp³-hybridized carbons (Fsp3) is 0.467. The van der Waals surface area contributed by atoms with E-state index in [4.69, 9.17) is 5.11 Å². The lowest BCUT2D eigenvalue weighted by atomic mass is 10.2. The molecule has 1 aromatic carbocycles. The molecule has 0 heterocycles. The smallest absolute Gasteiger partial charge is 0.240 e. The lowest BCUT2D eigenvalue weighted by molar-refractivity contribution is 0.278. The number of nitrogens with zero attached hydrogens (tertiary/aromatic N) is 1. The molecule has 0 aliphatic rings. The van der Waals surface area contributed by atoms with Gasteiger partial charge in [0.05, 0.1) is 4.90 Å². The molecule has 116 valence electrons. The van der Waals surface area contributed by atoms with Crippen molar-refractivity contribution in [3.8, 4) is 11.8 Å². The van der Waals surface area contributed by atoms with Crippen molar-refractivity contribution in [1.82, 2.24) is 9.62 Å². The third kappa shape index (κ3) is 5.86. The summed E-state index contributed by atoms with van der Waals surface area (Å²) < 4.78 is 26.9. The second-order valence-electron chi connectivity index (χ2n) is 4.96. The number of hydrogen-bond donors (Lipinski definition) is 2. The average molecular weight is 310 g/mol. The highest BCUT2D eigenvalue weighted by atomic mass is 32.2. The van der Waals surface area contributed by atoms with Crippen LogP contribution < -0.4 is 4.72 Å². The molecule has 0 amide bonds. The highest BCUT2D eigenvalue weighted by molar-refractivity contribution is 7.89. The van der Waals surface area contributed by atoms with Gasteiger partial charge in [0.2, 0.25) is 10.0 Å². The maximum atomic E-state index is 12.2. The molecule has 0 saturated carbocycles. The largest absolute Gasteiger partial charge is 0.384 e. The van der Waals surface area contributed by atoms with Gasteiger partial charge in [0, 0.05) is 24.7 Å². The van der Waals surface area contributed by atoms with Gasteiger partial charge in [-0.2, -0.15) is 0 Å². The molecule has 0 saturated heterocycles. The third-order valence-electron chi connectivity index (χ3n) is 3.09. The molecule has 0 unspecified atom stereocenters. The predicted octanol–water partition coefficient (Wildman–Crippen LogP) is 0.649. The van der Waals surface area contributed by atoms with E-state index in [2.05, 4.69) is 35.3 Å². The highest BCUT2D eigenvalue weighted by Crippen LogP contribution is 2.10. The Balaban J connectivity index is 2.74. The van der Waals surface area contributed by atoms with Gasteiger partial charge in [-0.1, -0.05) is 17.9 Å². The number of likely N-dealkylation sites (N-methyl/N-ethyl adjacent to an activating group) is 1. The summed E-state index contributed by atoms with van der Waals surface area (Å²) in [6.07, 6.45) is 0. The predicted molar refractivity (Wildman–Crippen MR) is 83.4 cm³/mol. The van der Waals surface area contributed by atoms with Gasteiger partial charge in [-0.15, -0.1) is 0 Å². The van der Waals surface area contributed by atoms with Crippen LogP contribution in [0, 0.1) is 11.8 Å². The summed E-state index contributed by atoms with van der Waals surface area (Å²) in [4.78, 5) is 2.24. The summed E-state index contributed by atoms with van der Waals surface area (Å²) >= 11 is 0. The van der Waals surface area contributed by atoms with Crippen molar-refractivity contribution in [2.24, 2.45) is 0 Å².